The van der Waals surface area contributed by atoms with Gasteiger partial charge in [-0.3, -0.25) is 4.57 Å². The van der Waals surface area contributed by atoms with E-state index in [2.05, 4.69) is 174 Å². The zero-order valence-corrected chi connectivity index (χ0v) is 38.5. The fourth-order valence-corrected chi connectivity index (χ4v) is 11.9. The summed E-state index contributed by atoms with van der Waals surface area (Å²) >= 11 is 0. The Morgan fingerprint density at radius 1 is 0.361 bits per heavy atom. The largest absolute Gasteiger partial charge is 0.456 e. The number of fused-ring (bicyclic) bond motifs is 17. The minimum absolute atomic E-state index is 0.0142. The number of benzene rings is 9. The van der Waals surface area contributed by atoms with Crippen LogP contribution < -0.4 is 0 Å². The van der Waals surface area contributed by atoms with Gasteiger partial charge in [-0.1, -0.05) is 170 Å². The second-order valence-electron chi connectivity index (χ2n) is 19.0. The predicted octanol–water partition coefficient (Wildman–Crippen LogP) is 17.2. The molecule has 2 unspecified atom stereocenters. The molecular weight excluding hydrogens is 885 g/mol. The average Bonchev–Trinajstić information content (AvgIpc) is 4.22. The van der Waals surface area contributed by atoms with Crippen LogP contribution >= 0.6 is 0 Å². The average molecular weight is 923 g/mol. The summed E-state index contributed by atoms with van der Waals surface area (Å²) in [5.41, 5.74) is 16.7. The van der Waals surface area contributed by atoms with E-state index < -0.39 is 0 Å². The predicted molar refractivity (Wildman–Crippen MR) is 289 cm³/mol. The van der Waals surface area contributed by atoms with Gasteiger partial charge in [0.25, 0.3) is 0 Å². The number of rotatable bonds is 5. The monoisotopic (exact) mass is 922 g/mol. The van der Waals surface area contributed by atoms with Crippen molar-refractivity contribution in [2.24, 2.45) is 0 Å². The van der Waals surface area contributed by atoms with E-state index in [4.69, 9.17) is 28.2 Å². The molecule has 7 nitrogen and oxygen atoms in total. The molecule has 336 valence electrons. The Morgan fingerprint density at radius 3 is 1.57 bits per heavy atom. The minimum Gasteiger partial charge on any atom is -0.456 e. The zero-order chi connectivity index (χ0) is 47.0. The number of allylic oxidation sites excluding steroid dienone is 4. The molecule has 0 saturated carbocycles. The van der Waals surface area contributed by atoms with Crippen LogP contribution in [0.15, 0.2) is 232 Å². The van der Waals surface area contributed by atoms with Crippen molar-refractivity contribution in [1.82, 2.24) is 19.5 Å². The molecule has 0 radical (unpaired) electrons. The van der Waals surface area contributed by atoms with Crippen LogP contribution in [0.2, 0.25) is 0 Å². The molecule has 2 aliphatic carbocycles. The zero-order valence-electron chi connectivity index (χ0n) is 38.5. The maximum Gasteiger partial charge on any atom is 0.238 e. The summed E-state index contributed by atoms with van der Waals surface area (Å²) in [5, 5.41) is 7.53. The third-order valence-electron chi connectivity index (χ3n) is 15.1. The van der Waals surface area contributed by atoms with Crippen molar-refractivity contribution in [3.8, 4) is 62.1 Å². The first-order valence-electron chi connectivity index (χ1n) is 24.4. The van der Waals surface area contributed by atoms with E-state index in [0.717, 1.165) is 116 Å². The SMILES string of the molecule is C1=CC2c3ccccc3-c3c(n(-c4nc(-c5ccc6c(c5)oc5ccccc56)nc(-c5ccc6c(c5)oc5ccccc56)n4)c4c(-c5cccc(-c6cccc7c6oc6ccccc67)c5)cccc34)C2C=C1. The van der Waals surface area contributed by atoms with Gasteiger partial charge in [0.15, 0.2) is 11.6 Å². The van der Waals surface area contributed by atoms with E-state index in [0.29, 0.717) is 17.6 Å². The highest BCUT2D eigenvalue weighted by Gasteiger charge is 2.38. The van der Waals surface area contributed by atoms with Gasteiger partial charge in [-0.25, -0.2) is 4.98 Å². The molecule has 16 rings (SSSR count). The van der Waals surface area contributed by atoms with Crippen LogP contribution in [0.5, 0.6) is 0 Å². The van der Waals surface area contributed by atoms with E-state index >= 15 is 0 Å². The van der Waals surface area contributed by atoms with Crippen molar-refractivity contribution >= 4 is 76.7 Å². The van der Waals surface area contributed by atoms with Gasteiger partial charge in [0.2, 0.25) is 5.95 Å². The van der Waals surface area contributed by atoms with Crippen molar-refractivity contribution in [3.05, 3.63) is 230 Å². The fraction of sp³-hybridized carbons (Fsp3) is 0.0308. The Kier molecular flexibility index (Phi) is 8.16. The van der Waals surface area contributed by atoms with Gasteiger partial charge in [0, 0.05) is 83.1 Å². The molecule has 0 spiro atoms. The first kappa shape index (κ1) is 39.3. The van der Waals surface area contributed by atoms with E-state index in [9.17, 15) is 0 Å². The first-order valence-corrected chi connectivity index (χ1v) is 24.4. The molecule has 2 aliphatic rings. The second-order valence-corrected chi connectivity index (χ2v) is 19.0. The standard InChI is InChI=1S/C65H38N4O3/c1-3-21-50-43(16-1)44-17-2-4-22-51(44)61-59(50)53-26-12-23-41(37-14-11-15-38(34-37)42-24-13-25-52-47-20-7-10-29-56(47)72-62(42)52)60(53)69(61)65-67-63(39-30-32-48-45-18-5-8-27-54(45)70-57(48)35-39)66-64(68-65)40-31-33-49-46-19-6-9-28-55(46)71-58(49)36-40/h1-36,44,51H. The van der Waals surface area contributed by atoms with Gasteiger partial charge in [-0.05, 0) is 70.8 Å². The summed E-state index contributed by atoms with van der Waals surface area (Å²) in [7, 11) is 0. The Hall–Kier alpha value is -9.59. The number of hydrogen-bond acceptors (Lipinski definition) is 6. The van der Waals surface area contributed by atoms with Crippen molar-refractivity contribution < 1.29 is 13.3 Å². The molecule has 5 heterocycles. The number of nitrogens with zero attached hydrogens (tertiary/aromatic N) is 4. The lowest BCUT2D eigenvalue weighted by atomic mass is 9.72. The Balaban J connectivity index is 0.984. The highest BCUT2D eigenvalue weighted by atomic mass is 16.3. The molecular formula is C65H38N4O3. The highest BCUT2D eigenvalue weighted by Crippen LogP contribution is 2.55. The fourth-order valence-electron chi connectivity index (χ4n) is 11.9. The number of furan rings is 3. The van der Waals surface area contributed by atoms with Crippen molar-refractivity contribution in [1.29, 1.82) is 0 Å². The van der Waals surface area contributed by atoms with Gasteiger partial charge in [-0.15, -0.1) is 0 Å². The smallest absolute Gasteiger partial charge is 0.238 e. The maximum absolute atomic E-state index is 6.59. The van der Waals surface area contributed by atoms with Crippen LogP contribution in [0, 0.1) is 0 Å². The summed E-state index contributed by atoms with van der Waals surface area (Å²) in [4.78, 5) is 16.4. The molecule has 7 heteroatoms. The lowest BCUT2D eigenvalue weighted by molar-refractivity contribution is 0.668. The molecule has 5 aromatic heterocycles. The summed E-state index contributed by atoms with van der Waals surface area (Å²) in [6.45, 7) is 0. The third-order valence-corrected chi connectivity index (χ3v) is 15.1. The van der Waals surface area contributed by atoms with Crippen molar-refractivity contribution in [2.75, 3.05) is 0 Å². The van der Waals surface area contributed by atoms with E-state index in [1.807, 2.05) is 48.5 Å². The van der Waals surface area contributed by atoms with Gasteiger partial charge < -0.3 is 13.3 Å². The van der Waals surface area contributed by atoms with Crippen LogP contribution in [-0.2, 0) is 0 Å². The van der Waals surface area contributed by atoms with Crippen LogP contribution in [0.25, 0.3) is 139 Å². The quantitative estimate of drug-likeness (QED) is 0.171. The molecule has 9 aromatic carbocycles. The van der Waals surface area contributed by atoms with E-state index in [-0.39, 0.29) is 11.8 Å². The number of aromatic nitrogens is 4. The Bertz CT molecular complexity index is 4540. The number of hydrogen-bond donors (Lipinski definition) is 0. The Morgan fingerprint density at radius 2 is 0.875 bits per heavy atom. The topological polar surface area (TPSA) is 83.0 Å². The summed E-state index contributed by atoms with van der Waals surface area (Å²) < 4.78 is 21.9. The van der Waals surface area contributed by atoms with E-state index in [1.165, 1.54) is 16.7 Å². The van der Waals surface area contributed by atoms with Crippen LogP contribution in [0.1, 0.15) is 23.1 Å². The molecule has 72 heavy (non-hydrogen) atoms. The third kappa shape index (κ3) is 5.70. The van der Waals surface area contributed by atoms with Gasteiger partial charge in [0.05, 0.1) is 5.52 Å². The molecule has 0 amide bonds. The van der Waals surface area contributed by atoms with Gasteiger partial charge >= 0.3 is 0 Å². The van der Waals surface area contributed by atoms with E-state index in [1.54, 1.807) is 0 Å². The van der Waals surface area contributed by atoms with Gasteiger partial charge in [0.1, 0.15) is 33.5 Å². The molecule has 14 aromatic rings. The second kappa shape index (κ2) is 15.0. The van der Waals surface area contributed by atoms with Crippen LogP contribution in [-0.4, -0.2) is 19.5 Å². The molecule has 2 atom stereocenters. The summed E-state index contributed by atoms with van der Waals surface area (Å²) in [6.07, 6.45) is 9.04. The Labute approximate surface area is 411 Å². The summed E-state index contributed by atoms with van der Waals surface area (Å²) in [6, 6.07) is 67.9. The van der Waals surface area contributed by atoms with Gasteiger partial charge in [-0.2, -0.15) is 9.97 Å². The maximum atomic E-state index is 6.59. The van der Waals surface area contributed by atoms with Crippen LogP contribution in [0.4, 0.5) is 0 Å². The first-order chi connectivity index (χ1) is 35.7. The number of para-hydroxylation sites is 5. The van der Waals surface area contributed by atoms with Crippen molar-refractivity contribution in [2.45, 2.75) is 11.8 Å². The lowest BCUT2D eigenvalue weighted by Gasteiger charge is -2.33. The summed E-state index contributed by atoms with van der Waals surface area (Å²) in [5.74, 6) is 1.67. The molecule has 0 aliphatic heterocycles. The van der Waals surface area contributed by atoms with Crippen LogP contribution in [0.3, 0.4) is 0 Å². The molecule has 0 N–H and O–H groups in total. The normalized spacial score (nSPS) is 15.1. The minimum atomic E-state index is -0.0142. The molecule has 0 saturated heterocycles. The highest BCUT2D eigenvalue weighted by molar-refractivity contribution is 6.11. The van der Waals surface area contributed by atoms with Crippen molar-refractivity contribution in [3.63, 3.8) is 0 Å². The molecule has 0 fully saturated rings. The molecule has 0 bridgehead atoms. The lowest BCUT2D eigenvalue weighted by Crippen LogP contribution is -2.20.